The number of quaternary nitrogens is 1. The SMILES string of the molecule is COCC(C)NC(=O)c1cc([NH3+])cc(I)c1. The van der Waals surface area contributed by atoms with E-state index in [1.54, 1.807) is 13.2 Å². The van der Waals surface area contributed by atoms with Crippen molar-refractivity contribution in [3.63, 3.8) is 0 Å². The first kappa shape index (κ1) is 13.4. The van der Waals surface area contributed by atoms with Gasteiger partial charge < -0.3 is 15.8 Å². The Hall–Kier alpha value is -0.660. The number of methoxy groups -OCH3 is 1. The third kappa shape index (κ3) is 4.07. The monoisotopic (exact) mass is 335 g/mol. The predicted molar refractivity (Wildman–Crippen MR) is 70.5 cm³/mol. The van der Waals surface area contributed by atoms with Gasteiger partial charge in [0.2, 0.25) is 0 Å². The van der Waals surface area contributed by atoms with Gasteiger partial charge in [-0.05, 0) is 35.6 Å². The first-order valence-corrected chi connectivity index (χ1v) is 6.03. The van der Waals surface area contributed by atoms with Gasteiger partial charge in [0.25, 0.3) is 5.91 Å². The molecule has 5 heteroatoms. The summed E-state index contributed by atoms with van der Waals surface area (Å²) < 4.78 is 5.97. The highest BCUT2D eigenvalue weighted by Crippen LogP contribution is 2.12. The van der Waals surface area contributed by atoms with E-state index in [4.69, 9.17) is 4.74 Å². The second-order valence-electron chi connectivity index (χ2n) is 3.68. The fourth-order valence-electron chi connectivity index (χ4n) is 1.38. The highest BCUT2D eigenvalue weighted by Gasteiger charge is 2.11. The Balaban J connectivity index is 2.72. The largest absolute Gasteiger partial charge is 0.383 e. The van der Waals surface area contributed by atoms with E-state index in [1.807, 2.05) is 19.1 Å². The zero-order valence-electron chi connectivity index (χ0n) is 9.42. The van der Waals surface area contributed by atoms with Crippen molar-refractivity contribution in [2.75, 3.05) is 13.7 Å². The molecule has 1 rings (SSSR count). The zero-order valence-corrected chi connectivity index (χ0v) is 11.6. The van der Waals surface area contributed by atoms with Crippen LogP contribution in [0.4, 0.5) is 5.69 Å². The van der Waals surface area contributed by atoms with Gasteiger partial charge in [0.05, 0.1) is 6.61 Å². The molecule has 0 aliphatic rings. The molecule has 1 unspecified atom stereocenters. The molecule has 0 spiro atoms. The van der Waals surface area contributed by atoms with Crippen molar-refractivity contribution in [1.82, 2.24) is 5.32 Å². The molecule has 0 heterocycles. The van der Waals surface area contributed by atoms with Gasteiger partial charge in [-0.2, -0.15) is 0 Å². The van der Waals surface area contributed by atoms with Crippen molar-refractivity contribution < 1.29 is 15.3 Å². The Kier molecular flexibility index (Phi) is 5.17. The van der Waals surface area contributed by atoms with Gasteiger partial charge in [0.1, 0.15) is 5.69 Å². The van der Waals surface area contributed by atoms with Crippen LogP contribution in [0.1, 0.15) is 17.3 Å². The van der Waals surface area contributed by atoms with Gasteiger partial charge in [0, 0.05) is 34.4 Å². The molecule has 16 heavy (non-hydrogen) atoms. The Morgan fingerprint density at radius 1 is 1.56 bits per heavy atom. The Morgan fingerprint density at radius 2 is 2.25 bits per heavy atom. The third-order valence-corrected chi connectivity index (χ3v) is 2.64. The number of carbonyl (C=O) groups excluding carboxylic acids is 1. The summed E-state index contributed by atoms with van der Waals surface area (Å²) in [5.74, 6) is -0.0898. The molecule has 0 fully saturated rings. The summed E-state index contributed by atoms with van der Waals surface area (Å²) in [6, 6.07) is 5.54. The van der Waals surface area contributed by atoms with Gasteiger partial charge in [-0.25, -0.2) is 0 Å². The fourth-order valence-corrected chi connectivity index (χ4v) is 2.12. The van der Waals surface area contributed by atoms with Crippen LogP contribution in [0.15, 0.2) is 18.2 Å². The lowest BCUT2D eigenvalue weighted by Gasteiger charge is -2.12. The normalized spacial score (nSPS) is 12.2. The van der Waals surface area contributed by atoms with Crippen molar-refractivity contribution >= 4 is 34.2 Å². The Morgan fingerprint density at radius 3 is 2.81 bits per heavy atom. The van der Waals surface area contributed by atoms with Gasteiger partial charge in [-0.15, -0.1) is 0 Å². The average Bonchev–Trinajstić information content (AvgIpc) is 2.16. The molecule has 1 aromatic carbocycles. The minimum absolute atomic E-state index is 0.00336. The molecule has 0 saturated carbocycles. The van der Waals surface area contributed by atoms with E-state index in [0.717, 1.165) is 9.26 Å². The number of nitrogens with one attached hydrogen (secondary N) is 1. The van der Waals surface area contributed by atoms with Gasteiger partial charge in [-0.3, -0.25) is 4.79 Å². The smallest absolute Gasteiger partial charge is 0.251 e. The summed E-state index contributed by atoms with van der Waals surface area (Å²) in [6.45, 7) is 2.41. The van der Waals surface area contributed by atoms with Crippen LogP contribution in [-0.2, 0) is 4.74 Å². The molecular formula is C11H16IN2O2+. The molecule has 1 amide bonds. The molecule has 0 aromatic heterocycles. The summed E-state index contributed by atoms with van der Waals surface area (Å²) >= 11 is 2.17. The molecule has 0 aliphatic heterocycles. The van der Waals surface area contributed by atoms with Crippen LogP contribution in [0.3, 0.4) is 0 Å². The zero-order chi connectivity index (χ0) is 12.1. The van der Waals surface area contributed by atoms with Crippen molar-refractivity contribution in [2.24, 2.45) is 0 Å². The summed E-state index contributed by atoms with van der Waals surface area (Å²) in [5.41, 5.74) is 5.31. The van der Waals surface area contributed by atoms with Crippen LogP contribution < -0.4 is 11.1 Å². The lowest BCUT2D eigenvalue weighted by atomic mass is 10.2. The van der Waals surface area contributed by atoms with E-state index in [2.05, 4.69) is 33.6 Å². The number of carbonyl (C=O) groups is 1. The van der Waals surface area contributed by atoms with Crippen molar-refractivity contribution in [1.29, 1.82) is 0 Å². The number of hydrogen-bond donors (Lipinski definition) is 2. The van der Waals surface area contributed by atoms with Crippen LogP contribution in [0.25, 0.3) is 0 Å². The van der Waals surface area contributed by atoms with E-state index < -0.39 is 0 Å². The number of halogens is 1. The molecule has 88 valence electrons. The molecule has 0 bridgehead atoms. The maximum atomic E-state index is 11.8. The second-order valence-corrected chi connectivity index (χ2v) is 4.92. The van der Waals surface area contributed by atoms with Gasteiger partial charge in [-0.1, -0.05) is 0 Å². The number of benzene rings is 1. The van der Waals surface area contributed by atoms with Crippen molar-refractivity contribution in [2.45, 2.75) is 13.0 Å². The molecule has 0 aliphatic carbocycles. The van der Waals surface area contributed by atoms with Crippen LogP contribution in [0.5, 0.6) is 0 Å². The highest BCUT2D eigenvalue weighted by molar-refractivity contribution is 14.1. The fraction of sp³-hybridized carbons (Fsp3) is 0.364. The molecule has 0 radical (unpaired) electrons. The molecule has 1 atom stereocenters. The topological polar surface area (TPSA) is 66.0 Å². The van der Waals surface area contributed by atoms with E-state index in [1.165, 1.54) is 0 Å². The van der Waals surface area contributed by atoms with Gasteiger partial charge >= 0.3 is 0 Å². The summed E-state index contributed by atoms with van der Waals surface area (Å²) in [7, 11) is 1.61. The summed E-state index contributed by atoms with van der Waals surface area (Å²) in [4.78, 5) is 11.8. The maximum absolute atomic E-state index is 11.8. The Bertz CT molecular complexity index is 362. The van der Waals surface area contributed by atoms with E-state index in [0.29, 0.717) is 12.2 Å². The van der Waals surface area contributed by atoms with Crippen molar-refractivity contribution in [3.8, 4) is 0 Å². The lowest BCUT2D eigenvalue weighted by molar-refractivity contribution is -0.254. The molecule has 4 nitrogen and oxygen atoms in total. The second kappa shape index (κ2) is 6.17. The number of amides is 1. The van der Waals surface area contributed by atoms with Gasteiger partial charge in [0.15, 0.2) is 0 Å². The van der Waals surface area contributed by atoms with Crippen LogP contribution in [0, 0.1) is 3.57 Å². The van der Waals surface area contributed by atoms with Crippen LogP contribution in [0.2, 0.25) is 0 Å². The molecule has 4 N–H and O–H groups in total. The summed E-state index contributed by atoms with van der Waals surface area (Å²) in [6.07, 6.45) is 0. The van der Waals surface area contributed by atoms with E-state index in [9.17, 15) is 4.79 Å². The molecule has 1 aromatic rings. The first-order chi connectivity index (χ1) is 7.52. The van der Waals surface area contributed by atoms with E-state index in [-0.39, 0.29) is 11.9 Å². The highest BCUT2D eigenvalue weighted by atomic mass is 127. The van der Waals surface area contributed by atoms with Crippen LogP contribution in [-0.4, -0.2) is 25.7 Å². The van der Waals surface area contributed by atoms with Crippen molar-refractivity contribution in [3.05, 3.63) is 27.3 Å². The minimum Gasteiger partial charge on any atom is -0.383 e. The maximum Gasteiger partial charge on any atom is 0.251 e. The predicted octanol–water partition coefficient (Wildman–Crippen LogP) is 0.929. The standard InChI is InChI=1S/C11H15IN2O2/c1-7(6-16-2)14-11(15)8-3-9(12)5-10(13)4-8/h3-5,7H,6,13H2,1-2H3,(H,14,15)/p+1. The lowest BCUT2D eigenvalue weighted by Crippen LogP contribution is -2.41. The quantitative estimate of drug-likeness (QED) is 0.804. The Labute approximate surface area is 109 Å². The number of ether oxygens (including phenoxy) is 1. The first-order valence-electron chi connectivity index (χ1n) is 4.95. The van der Waals surface area contributed by atoms with Crippen LogP contribution >= 0.6 is 22.6 Å². The molecular weight excluding hydrogens is 319 g/mol. The average molecular weight is 335 g/mol. The minimum atomic E-state index is -0.0898. The van der Waals surface area contributed by atoms with E-state index >= 15 is 0 Å². The number of hydrogen-bond acceptors (Lipinski definition) is 2. The molecule has 0 saturated heterocycles. The number of rotatable bonds is 4. The summed E-state index contributed by atoms with van der Waals surface area (Å²) in [5, 5.41) is 2.86. The third-order valence-electron chi connectivity index (χ3n) is 2.01.